The average Bonchev–Trinajstić information content (AvgIpc) is 2.88. The summed E-state index contributed by atoms with van der Waals surface area (Å²) in [6, 6.07) is 8.09. The second-order valence-corrected chi connectivity index (χ2v) is 9.99. The van der Waals surface area contributed by atoms with Crippen molar-refractivity contribution in [3.8, 4) is 5.75 Å². The molecule has 9 nitrogen and oxygen atoms in total. The summed E-state index contributed by atoms with van der Waals surface area (Å²) >= 11 is 0. The molecule has 1 heterocycles. The highest BCUT2D eigenvalue weighted by Gasteiger charge is 2.42. The van der Waals surface area contributed by atoms with Crippen LogP contribution in [-0.4, -0.2) is 61.4 Å². The number of benzene rings is 1. The van der Waals surface area contributed by atoms with Crippen molar-refractivity contribution in [1.29, 1.82) is 0 Å². The number of sulfonamides is 1. The summed E-state index contributed by atoms with van der Waals surface area (Å²) in [5.74, 6) is -0.678. The molecule has 2 aromatic rings. The molecule has 0 radical (unpaired) electrons. The summed E-state index contributed by atoms with van der Waals surface area (Å²) in [5, 5.41) is 9.51. The van der Waals surface area contributed by atoms with Crippen LogP contribution < -0.4 is 10.2 Å². The fourth-order valence-electron chi connectivity index (χ4n) is 4.31. The number of carbonyl (C=O) groups excluding carboxylic acids is 1. The maximum atomic E-state index is 13.8. The molecule has 1 aromatic heterocycles. The van der Waals surface area contributed by atoms with Gasteiger partial charge in [-0.3, -0.25) is 15.0 Å². The van der Waals surface area contributed by atoms with E-state index in [9.17, 15) is 22.8 Å². The van der Waals surface area contributed by atoms with Gasteiger partial charge in [0, 0.05) is 18.9 Å². The predicted molar refractivity (Wildman–Crippen MR) is 129 cm³/mol. The zero-order chi connectivity index (χ0) is 24.6. The van der Waals surface area contributed by atoms with Crippen molar-refractivity contribution in [2.75, 3.05) is 20.4 Å². The fraction of sp³-hybridized carbons (Fsp3) is 0.478. The van der Waals surface area contributed by atoms with Crippen LogP contribution in [0.25, 0.3) is 0 Å². The van der Waals surface area contributed by atoms with Gasteiger partial charge in [-0.05, 0) is 73.6 Å². The number of ether oxygens (including phenoxy) is 2. The summed E-state index contributed by atoms with van der Waals surface area (Å²) in [6.07, 6.45) is 5.04. The number of hydrogen-bond acceptors (Lipinski definition) is 7. The predicted octanol–water partition coefficient (Wildman–Crippen LogP) is 3.12. The Bertz CT molecular complexity index is 1020. The number of rotatable bonds is 11. The zero-order valence-electron chi connectivity index (χ0n) is 19.4. The largest absolute Gasteiger partial charge is 0.497 e. The first kappa shape index (κ1) is 28.9. The van der Waals surface area contributed by atoms with Gasteiger partial charge in [0.2, 0.25) is 10.0 Å². The van der Waals surface area contributed by atoms with Gasteiger partial charge in [-0.15, -0.1) is 12.4 Å². The third kappa shape index (κ3) is 7.34. The van der Waals surface area contributed by atoms with Crippen molar-refractivity contribution in [2.45, 2.75) is 49.3 Å². The second-order valence-electron chi connectivity index (χ2n) is 8.10. The summed E-state index contributed by atoms with van der Waals surface area (Å²) < 4.78 is 51.8. The van der Waals surface area contributed by atoms with E-state index in [-0.39, 0.29) is 42.5 Å². The standard InChI is InChI=1S/C23H30FN3O6S.ClH/c1-32-19-6-8-21(9-7-19)34(30,31)27(16-17-10-13-25-14-11-17)22(23(28)26-29)18-2-4-20(5-3-18)33-15-12-24;/h6-11,13-14,18,20,22,29H,2-5,12,15-16H2,1H3,(H,26,28);1H/t18-,20-,22?;. The highest BCUT2D eigenvalue weighted by atomic mass is 35.5. The molecule has 1 fully saturated rings. The van der Waals surface area contributed by atoms with E-state index in [2.05, 4.69) is 4.98 Å². The minimum atomic E-state index is -4.15. The van der Waals surface area contributed by atoms with Gasteiger partial charge in [-0.1, -0.05) is 0 Å². The number of nitrogens with one attached hydrogen (secondary N) is 1. The third-order valence-electron chi connectivity index (χ3n) is 6.04. The Kier molecular flexibility index (Phi) is 11.3. The molecule has 0 spiro atoms. The quantitative estimate of drug-likeness (QED) is 0.338. The van der Waals surface area contributed by atoms with E-state index in [0.717, 1.165) is 4.31 Å². The van der Waals surface area contributed by atoms with Crippen LogP contribution in [0, 0.1) is 5.92 Å². The first-order valence-electron chi connectivity index (χ1n) is 11.1. The smallest absolute Gasteiger partial charge is 0.262 e. The molecule has 1 amide bonds. The van der Waals surface area contributed by atoms with Gasteiger partial charge in [-0.2, -0.15) is 4.31 Å². The molecule has 1 saturated carbocycles. The monoisotopic (exact) mass is 531 g/mol. The summed E-state index contributed by atoms with van der Waals surface area (Å²) in [5.41, 5.74) is 2.30. The molecule has 0 saturated heterocycles. The van der Waals surface area contributed by atoms with E-state index in [1.807, 2.05) is 0 Å². The number of nitrogens with zero attached hydrogens (tertiary/aromatic N) is 2. The van der Waals surface area contributed by atoms with Gasteiger partial charge in [0.15, 0.2) is 0 Å². The highest BCUT2D eigenvalue weighted by Crippen LogP contribution is 2.34. The molecule has 3 rings (SSSR count). The highest BCUT2D eigenvalue weighted by molar-refractivity contribution is 7.89. The first-order chi connectivity index (χ1) is 16.4. The molecule has 194 valence electrons. The molecule has 1 aliphatic rings. The first-order valence-corrected chi connectivity index (χ1v) is 12.5. The lowest BCUT2D eigenvalue weighted by atomic mass is 9.82. The Labute approximate surface area is 211 Å². The number of alkyl halides is 1. The van der Waals surface area contributed by atoms with Crippen LogP contribution in [0.5, 0.6) is 5.75 Å². The summed E-state index contributed by atoms with van der Waals surface area (Å²) in [6.45, 7) is -0.654. The molecule has 1 aliphatic carbocycles. The van der Waals surface area contributed by atoms with Gasteiger partial charge < -0.3 is 9.47 Å². The van der Waals surface area contributed by atoms with Crippen molar-refractivity contribution >= 4 is 28.3 Å². The van der Waals surface area contributed by atoms with E-state index in [4.69, 9.17) is 9.47 Å². The normalized spacial score (nSPS) is 19.0. The van der Waals surface area contributed by atoms with Crippen LogP contribution in [0.4, 0.5) is 4.39 Å². The van der Waals surface area contributed by atoms with Crippen molar-refractivity contribution in [1.82, 2.24) is 14.8 Å². The molecular formula is C23H31ClFN3O6S. The molecule has 1 unspecified atom stereocenters. The third-order valence-corrected chi connectivity index (χ3v) is 7.88. The van der Waals surface area contributed by atoms with Crippen LogP contribution in [0.15, 0.2) is 53.7 Å². The number of carbonyl (C=O) groups is 1. The van der Waals surface area contributed by atoms with Gasteiger partial charge in [-0.25, -0.2) is 18.3 Å². The Morgan fingerprint density at radius 2 is 1.80 bits per heavy atom. The Hall–Kier alpha value is -2.31. The number of hydroxylamine groups is 1. The van der Waals surface area contributed by atoms with E-state index in [1.54, 1.807) is 30.0 Å². The number of methoxy groups -OCH3 is 1. The van der Waals surface area contributed by atoms with Crippen molar-refractivity contribution < 1.29 is 32.3 Å². The molecule has 2 N–H and O–H groups in total. The van der Waals surface area contributed by atoms with Crippen molar-refractivity contribution in [3.63, 3.8) is 0 Å². The lowest BCUT2D eigenvalue weighted by molar-refractivity contribution is -0.136. The lowest BCUT2D eigenvalue weighted by Crippen LogP contribution is -2.53. The molecule has 0 bridgehead atoms. The minimum Gasteiger partial charge on any atom is -0.497 e. The van der Waals surface area contributed by atoms with Crippen LogP contribution in [0.3, 0.4) is 0 Å². The molecule has 1 aromatic carbocycles. The summed E-state index contributed by atoms with van der Waals surface area (Å²) in [4.78, 5) is 16.9. The topological polar surface area (TPSA) is 118 Å². The van der Waals surface area contributed by atoms with E-state index in [0.29, 0.717) is 37.0 Å². The van der Waals surface area contributed by atoms with Gasteiger partial charge >= 0.3 is 0 Å². The molecule has 12 heteroatoms. The zero-order valence-corrected chi connectivity index (χ0v) is 21.0. The number of amides is 1. The Morgan fingerprint density at radius 1 is 1.17 bits per heavy atom. The van der Waals surface area contributed by atoms with Crippen LogP contribution in [0.1, 0.15) is 31.2 Å². The van der Waals surface area contributed by atoms with Gasteiger partial charge in [0.25, 0.3) is 5.91 Å². The maximum Gasteiger partial charge on any atom is 0.262 e. The molecule has 1 atom stereocenters. The second kappa shape index (κ2) is 13.7. The molecular weight excluding hydrogens is 501 g/mol. The van der Waals surface area contributed by atoms with Crippen molar-refractivity contribution in [2.24, 2.45) is 5.92 Å². The number of halogens is 2. The maximum absolute atomic E-state index is 13.8. The van der Waals surface area contributed by atoms with Crippen molar-refractivity contribution in [3.05, 3.63) is 54.4 Å². The van der Waals surface area contributed by atoms with E-state index >= 15 is 0 Å². The SMILES string of the molecule is COc1ccc(S(=O)(=O)N(Cc2ccncc2)C(C(=O)NO)[C@H]2CC[C@H](OCCF)CC2)cc1.Cl. The number of pyridine rings is 1. The molecule has 35 heavy (non-hydrogen) atoms. The molecule has 0 aliphatic heterocycles. The van der Waals surface area contributed by atoms with Crippen LogP contribution in [-0.2, 0) is 26.1 Å². The van der Waals surface area contributed by atoms with E-state index < -0.39 is 28.6 Å². The lowest BCUT2D eigenvalue weighted by Gasteiger charge is -2.38. The Balaban J connectivity index is 0.00000432. The Morgan fingerprint density at radius 3 is 2.34 bits per heavy atom. The number of aromatic nitrogens is 1. The minimum absolute atomic E-state index is 0. The number of hydrogen-bond donors (Lipinski definition) is 2. The average molecular weight is 532 g/mol. The van der Waals surface area contributed by atoms with Gasteiger partial charge in [0.1, 0.15) is 18.5 Å². The van der Waals surface area contributed by atoms with Crippen LogP contribution in [0.2, 0.25) is 0 Å². The van der Waals surface area contributed by atoms with E-state index in [1.165, 1.54) is 31.4 Å². The van der Waals surface area contributed by atoms with Gasteiger partial charge in [0.05, 0.1) is 24.7 Å². The summed E-state index contributed by atoms with van der Waals surface area (Å²) in [7, 11) is -2.67. The van der Waals surface area contributed by atoms with Crippen LogP contribution >= 0.6 is 12.4 Å². The fourth-order valence-corrected chi connectivity index (χ4v) is 5.95.